The molecular formula is C22H18BrNO. The van der Waals surface area contributed by atoms with Gasteiger partial charge in [-0.3, -0.25) is 0 Å². The molecule has 0 fully saturated rings. The third-order valence-electron chi connectivity index (χ3n) is 4.03. The van der Waals surface area contributed by atoms with Crippen LogP contribution in [-0.2, 0) is 17.8 Å². The topological polar surface area (TPSA) is 33.0 Å². The molecule has 3 heteroatoms. The van der Waals surface area contributed by atoms with E-state index >= 15 is 0 Å². The summed E-state index contributed by atoms with van der Waals surface area (Å²) in [6, 6.07) is 28.3. The molecule has 0 heterocycles. The second-order valence-electron chi connectivity index (χ2n) is 5.82. The molecule has 0 N–H and O–H groups in total. The minimum absolute atomic E-state index is 0.0928. The first-order valence-electron chi connectivity index (χ1n) is 8.15. The van der Waals surface area contributed by atoms with Crippen molar-refractivity contribution in [3.63, 3.8) is 0 Å². The molecule has 3 rings (SSSR count). The highest BCUT2D eigenvalue weighted by Gasteiger charge is 2.17. The molecule has 0 aromatic heterocycles. The van der Waals surface area contributed by atoms with Gasteiger partial charge in [0, 0.05) is 10.9 Å². The molecule has 0 aliphatic carbocycles. The van der Waals surface area contributed by atoms with Gasteiger partial charge in [0.2, 0.25) is 0 Å². The van der Waals surface area contributed by atoms with Crippen LogP contribution in [0.15, 0.2) is 83.3 Å². The van der Waals surface area contributed by atoms with E-state index in [2.05, 4.69) is 46.3 Å². The second kappa shape index (κ2) is 8.62. The first-order valence-corrected chi connectivity index (χ1v) is 8.94. The van der Waals surface area contributed by atoms with Crippen molar-refractivity contribution in [3.8, 4) is 6.07 Å². The number of ether oxygens (including phenoxy) is 1. The van der Waals surface area contributed by atoms with Crippen molar-refractivity contribution in [2.45, 2.75) is 19.1 Å². The normalized spacial score (nSPS) is 11.7. The molecule has 3 aromatic rings. The summed E-state index contributed by atoms with van der Waals surface area (Å²) in [4.78, 5) is 0. The first kappa shape index (κ1) is 17.4. The van der Waals surface area contributed by atoms with Crippen LogP contribution >= 0.6 is 15.9 Å². The van der Waals surface area contributed by atoms with Crippen molar-refractivity contribution in [3.05, 3.63) is 106 Å². The van der Waals surface area contributed by atoms with Gasteiger partial charge in [-0.1, -0.05) is 82.7 Å². The lowest BCUT2D eigenvalue weighted by Crippen LogP contribution is -2.09. The molecule has 0 bridgehead atoms. The van der Waals surface area contributed by atoms with Gasteiger partial charge in [0.1, 0.15) is 0 Å². The highest BCUT2D eigenvalue weighted by molar-refractivity contribution is 9.10. The van der Waals surface area contributed by atoms with E-state index in [0.717, 1.165) is 22.0 Å². The maximum Gasteiger partial charge on any atom is 0.0992 e. The Labute approximate surface area is 156 Å². The van der Waals surface area contributed by atoms with Crippen LogP contribution in [-0.4, -0.2) is 0 Å². The van der Waals surface area contributed by atoms with Crippen LogP contribution in [0.2, 0.25) is 0 Å². The van der Waals surface area contributed by atoms with Crippen LogP contribution in [0.1, 0.15) is 28.4 Å². The third-order valence-corrected chi connectivity index (χ3v) is 4.72. The standard InChI is InChI=1S/C22H18BrNO/c23-21-13-19(15-24)11-12-20(21)22(14-17-7-3-1-4-8-17)25-16-18-9-5-2-6-10-18/h1-13,22H,14,16H2. The summed E-state index contributed by atoms with van der Waals surface area (Å²) >= 11 is 3.60. The van der Waals surface area contributed by atoms with Crippen molar-refractivity contribution in [1.82, 2.24) is 0 Å². The Morgan fingerprint density at radius 3 is 2.12 bits per heavy atom. The molecule has 1 atom stereocenters. The molecular weight excluding hydrogens is 374 g/mol. The van der Waals surface area contributed by atoms with Gasteiger partial charge >= 0.3 is 0 Å². The molecule has 0 saturated heterocycles. The van der Waals surface area contributed by atoms with Gasteiger partial charge in [0.25, 0.3) is 0 Å². The Balaban J connectivity index is 1.84. The number of nitrogens with zero attached hydrogens (tertiary/aromatic N) is 1. The summed E-state index contributed by atoms with van der Waals surface area (Å²) in [7, 11) is 0. The third kappa shape index (κ3) is 4.79. The van der Waals surface area contributed by atoms with E-state index in [9.17, 15) is 0 Å². The summed E-state index contributed by atoms with van der Waals surface area (Å²) in [5.41, 5.74) is 4.05. The fourth-order valence-electron chi connectivity index (χ4n) is 2.72. The molecule has 0 saturated carbocycles. The lowest BCUT2D eigenvalue weighted by atomic mass is 10.00. The Morgan fingerprint density at radius 1 is 0.880 bits per heavy atom. The lowest BCUT2D eigenvalue weighted by molar-refractivity contribution is 0.0394. The average Bonchev–Trinajstić information content (AvgIpc) is 2.67. The summed E-state index contributed by atoms with van der Waals surface area (Å²) in [6.07, 6.45) is 0.683. The minimum Gasteiger partial charge on any atom is -0.368 e. The van der Waals surface area contributed by atoms with Crippen LogP contribution in [0.5, 0.6) is 0 Å². The van der Waals surface area contributed by atoms with Crippen LogP contribution < -0.4 is 0 Å². The number of halogens is 1. The van der Waals surface area contributed by atoms with Gasteiger partial charge < -0.3 is 4.74 Å². The van der Waals surface area contributed by atoms with E-state index in [4.69, 9.17) is 10.00 Å². The van der Waals surface area contributed by atoms with Crippen molar-refractivity contribution in [2.75, 3.05) is 0 Å². The van der Waals surface area contributed by atoms with E-state index in [1.807, 2.05) is 54.6 Å². The van der Waals surface area contributed by atoms with Crippen LogP contribution in [0.25, 0.3) is 0 Å². The molecule has 0 amide bonds. The van der Waals surface area contributed by atoms with Gasteiger partial charge in [0.15, 0.2) is 0 Å². The van der Waals surface area contributed by atoms with Gasteiger partial charge in [0.05, 0.1) is 24.3 Å². The number of hydrogen-bond acceptors (Lipinski definition) is 2. The van der Waals surface area contributed by atoms with E-state index < -0.39 is 0 Å². The highest BCUT2D eigenvalue weighted by atomic mass is 79.9. The van der Waals surface area contributed by atoms with Gasteiger partial charge in [-0.15, -0.1) is 0 Å². The Kier molecular flexibility index (Phi) is 6.00. The summed E-state index contributed by atoms with van der Waals surface area (Å²) < 4.78 is 7.16. The number of rotatable bonds is 6. The SMILES string of the molecule is N#Cc1ccc(C(Cc2ccccc2)OCc2ccccc2)c(Br)c1. The fraction of sp³-hybridized carbons (Fsp3) is 0.136. The largest absolute Gasteiger partial charge is 0.368 e. The van der Waals surface area contributed by atoms with Crippen molar-refractivity contribution < 1.29 is 4.74 Å². The Hall–Kier alpha value is -2.41. The second-order valence-corrected chi connectivity index (χ2v) is 6.68. The summed E-state index contributed by atoms with van der Waals surface area (Å²) in [6.45, 7) is 0.546. The maximum atomic E-state index is 9.08. The van der Waals surface area contributed by atoms with Gasteiger partial charge in [-0.05, 0) is 28.8 Å². The van der Waals surface area contributed by atoms with Crippen molar-refractivity contribution in [2.24, 2.45) is 0 Å². The quantitative estimate of drug-likeness (QED) is 0.530. The molecule has 1 unspecified atom stereocenters. The zero-order valence-electron chi connectivity index (χ0n) is 13.7. The Bertz CT molecular complexity index is 856. The molecule has 2 nitrogen and oxygen atoms in total. The average molecular weight is 392 g/mol. The molecule has 0 aliphatic heterocycles. The fourth-order valence-corrected chi connectivity index (χ4v) is 3.35. The van der Waals surface area contributed by atoms with Crippen LogP contribution in [0.4, 0.5) is 0 Å². The lowest BCUT2D eigenvalue weighted by Gasteiger charge is -2.20. The predicted molar refractivity (Wildman–Crippen MR) is 103 cm³/mol. The highest BCUT2D eigenvalue weighted by Crippen LogP contribution is 2.30. The van der Waals surface area contributed by atoms with Gasteiger partial charge in [-0.2, -0.15) is 5.26 Å². The molecule has 25 heavy (non-hydrogen) atoms. The molecule has 0 spiro atoms. The zero-order valence-corrected chi connectivity index (χ0v) is 15.3. The van der Waals surface area contributed by atoms with Crippen molar-refractivity contribution >= 4 is 15.9 Å². The summed E-state index contributed by atoms with van der Waals surface area (Å²) in [5, 5.41) is 9.08. The summed E-state index contributed by atoms with van der Waals surface area (Å²) in [5.74, 6) is 0. The molecule has 3 aromatic carbocycles. The van der Waals surface area contributed by atoms with Crippen LogP contribution in [0, 0.1) is 11.3 Å². The molecule has 124 valence electrons. The minimum atomic E-state index is -0.0928. The molecule has 0 radical (unpaired) electrons. The smallest absolute Gasteiger partial charge is 0.0992 e. The predicted octanol–water partition coefficient (Wildman–Crippen LogP) is 5.82. The Morgan fingerprint density at radius 2 is 1.52 bits per heavy atom. The van der Waals surface area contributed by atoms with Crippen LogP contribution in [0.3, 0.4) is 0 Å². The monoisotopic (exact) mass is 391 g/mol. The number of hydrogen-bond donors (Lipinski definition) is 0. The molecule has 0 aliphatic rings. The number of nitriles is 1. The van der Waals surface area contributed by atoms with E-state index in [1.54, 1.807) is 0 Å². The zero-order chi connectivity index (χ0) is 17.5. The van der Waals surface area contributed by atoms with Gasteiger partial charge in [-0.25, -0.2) is 0 Å². The first-order chi connectivity index (χ1) is 12.3. The number of benzene rings is 3. The van der Waals surface area contributed by atoms with E-state index in [1.165, 1.54) is 5.56 Å². The van der Waals surface area contributed by atoms with Crippen molar-refractivity contribution in [1.29, 1.82) is 5.26 Å². The van der Waals surface area contributed by atoms with E-state index in [0.29, 0.717) is 12.2 Å². The maximum absolute atomic E-state index is 9.08. The van der Waals surface area contributed by atoms with E-state index in [-0.39, 0.29) is 6.10 Å².